The number of aromatic nitrogens is 1. The Bertz CT molecular complexity index is 368. The first-order chi connectivity index (χ1) is 7.22. The van der Waals surface area contributed by atoms with Gasteiger partial charge in [0.05, 0.1) is 0 Å². The van der Waals surface area contributed by atoms with E-state index in [0.29, 0.717) is 12.1 Å². The fraction of sp³-hybridized carbons (Fsp3) is 0.400. The number of nitrogens with zero attached hydrogens (tertiary/aromatic N) is 2. The van der Waals surface area contributed by atoms with Crippen molar-refractivity contribution in [2.24, 2.45) is 5.16 Å². The zero-order valence-corrected chi connectivity index (χ0v) is 11.1. The Labute approximate surface area is 102 Å². The van der Waals surface area contributed by atoms with E-state index >= 15 is 0 Å². The summed E-state index contributed by atoms with van der Waals surface area (Å²) in [6, 6.07) is 2.00. The van der Waals surface area contributed by atoms with Crippen LogP contribution in [0.3, 0.4) is 0 Å². The van der Waals surface area contributed by atoms with Crippen LogP contribution >= 0.6 is 27.7 Å². The van der Waals surface area contributed by atoms with Gasteiger partial charge in [0.2, 0.25) is 0 Å². The number of thioether (sulfide) groups is 1. The Morgan fingerprint density at radius 3 is 2.87 bits per heavy atom. The van der Waals surface area contributed by atoms with Crippen LogP contribution in [-0.4, -0.2) is 21.7 Å². The third-order valence-corrected chi connectivity index (χ3v) is 3.19. The number of halogens is 1. The molecule has 0 atom stereocenters. The summed E-state index contributed by atoms with van der Waals surface area (Å²) in [6.07, 6.45) is 2.39. The summed E-state index contributed by atoms with van der Waals surface area (Å²) in [5.74, 6) is 0.966. The maximum atomic E-state index is 8.87. The van der Waals surface area contributed by atoms with Crippen molar-refractivity contribution >= 4 is 33.4 Å². The van der Waals surface area contributed by atoms with Crippen molar-refractivity contribution in [3.8, 4) is 0 Å². The third-order valence-electron chi connectivity index (χ3n) is 1.85. The van der Waals surface area contributed by atoms with E-state index in [-0.39, 0.29) is 0 Å². The van der Waals surface area contributed by atoms with Crippen LogP contribution in [0.5, 0.6) is 0 Å². The largest absolute Gasteiger partial charge is 0.411 e. The monoisotopic (exact) mass is 288 g/mol. The third kappa shape index (κ3) is 3.21. The normalized spacial score (nSPS) is 11.8. The van der Waals surface area contributed by atoms with E-state index in [1.807, 2.05) is 13.0 Å². The summed E-state index contributed by atoms with van der Waals surface area (Å²) >= 11 is 5.07. The molecular formula is C10H13BrN2OS. The molecule has 1 rings (SSSR count). The van der Waals surface area contributed by atoms with Crippen LogP contribution in [0.15, 0.2) is 26.8 Å². The molecule has 0 radical (unpaired) electrons. The Balaban J connectivity index is 3.15. The van der Waals surface area contributed by atoms with E-state index in [2.05, 4.69) is 33.0 Å². The fourth-order valence-electron chi connectivity index (χ4n) is 1.19. The Morgan fingerprint density at radius 2 is 2.33 bits per heavy atom. The first-order valence-electron chi connectivity index (χ1n) is 4.72. The lowest BCUT2D eigenvalue weighted by Gasteiger charge is -2.07. The standard InChI is InChI=1S/C10H13BrN2OS/c1-3-8(13-14)10-9(15-4-2)5-7(11)6-12-10/h5-6,14H,3-4H2,1-2H3. The lowest BCUT2D eigenvalue weighted by molar-refractivity contribution is 0.318. The Morgan fingerprint density at radius 1 is 1.60 bits per heavy atom. The van der Waals surface area contributed by atoms with Crippen LogP contribution in [0.2, 0.25) is 0 Å². The van der Waals surface area contributed by atoms with Crippen molar-refractivity contribution in [1.29, 1.82) is 0 Å². The van der Waals surface area contributed by atoms with Crippen molar-refractivity contribution in [2.45, 2.75) is 25.2 Å². The summed E-state index contributed by atoms with van der Waals surface area (Å²) in [6.45, 7) is 4.02. The quantitative estimate of drug-likeness (QED) is 0.399. The average molecular weight is 289 g/mol. The van der Waals surface area contributed by atoms with E-state index in [0.717, 1.165) is 20.8 Å². The van der Waals surface area contributed by atoms with Gasteiger partial charge in [-0.2, -0.15) is 0 Å². The van der Waals surface area contributed by atoms with E-state index in [1.54, 1.807) is 18.0 Å². The molecule has 0 aliphatic rings. The molecule has 1 N–H and O–H groups in total. The zero-order chi connectivity index (χ0) is 11.3. The average Bonchev–Trinajstić information content (AvgIpc) is 2.23. The molecule has 0 aliphatic carbocycles. The molecule has 0 aliphatic heterocycles. The Kier molecular flexibility index (Phi) is 5.11. The zero-order valence-electron chi connectivity index (χ0n) is 8.70. The topological polar surface area (TPSA) is 45.5 Å². The van der Waals surface area contributed by atoms with Crippen molar-refractivity contribution in [3.63, 3.8) is 0 Å². The van der Waals surface area contributed by atoms with Crippen LogP contribution in [0, 0.1) is 0 Å². The van der Waals surface area contributed by atoms with Gasteiger partial charge in [0.25, 0.3) is 0 Å². The number of hydrogen-bond acceptors (Lipinski definition) is 4. The van der Waals surface area contributed by atoms with Crippen LogP contribution in [0.4, 0.5) is 0 Å². The summed E-state index contributed by atoms with van der Waals surface area (Å²) in [5, 5.41) is 12.1. The van der Waals surface area contributed by atoms with Gasteiger partial charge in [-0.15, -0.1) is 11.8 Å². The lowest BCUT2D eigenvalue weighted by atomic mass is 10.2. The van der Waals surface area contributed by atoms with Gasteiger partial charge < -0.3 is 5.21 Å². The minimum absolute atomic E-state index is 0.624. The molecular weight excluding hydrogens is 276 g/mol. The van der Waals surface area contributed by atoms with Crippen LogP contribution in [0.25, 0.3) is 0 Å². The van der Waals surface area contributed by atoms with E-state index < -0.39 is 0 Å². The van der Waals surface area contributed by atoms with Gasteiger partial charge in [0.1, 0.15) is 11.4 Å². The summed E-state index contributed by atoms with van der Waals surface area (Å²) < 4.78 is 0.940. The smallest absolute Gasteiger partial charge is 0.106 e. The predicted molar refractivity (Wildman–Crippen MR) is 66.9 cm³/mol. The van der Waals surface area contributed by atoms with Crippen molar-refractivity contribution in [1.82, 2.24) is 4.98 Å². The number of oxime groups is 1. The summed E-state index contributed by atoms with van der Waals surface area (Å²) in [7, 11) is 0. The van der Waals surface area contributed by atoms with Crippen molar-refractivity contribution in [3.05, 3.63) is 22.4 Å². The fourth-order valence-corrected chi connectivity index (χ4v) is 2.50. The van der Waals surface area contributed by atoms with Gasteiger partial charge in [-0.3, -0.25) is 4.98 Å². The molecule has 0 aromatic carbocycles. The molecule has 0 amide bonds. The van der Waals surface area contributed by atoms with E-state index in [9.17, 15) is 0 Å². The molecule has 0 saturated carbocycles. The van der Waals surface area contributed by atoms with Gasteiger partial charge in [0.15, 0.2) is 0 Å². The van der Waals surface area contributed by atoms with Crippen LogP contribution < -0.4 is 0 Å². The highest BCUT2D eigenvalue weighted by molar-refractivity contribution is 9.10. The van der Waals surface area contributed by atoms with Gasteiger partial charge in [0, 0.05) is 15.6 Å². The van der Waals surface area contributed by atoms with Gasteiger partial charge in [-0.25, -0.2) is 0 Å². The molecule has 1 aromatic rings. The second-order valence-electron chi connectivity index (χ2n) is 2.83. The van der Waals surface area contributed by atoms with Crippen molar-refractivity contribution < 1.29 is 5.21 Å². The molecule has 0 bridgehead atoms. The number of rotatable bonds is 4. The molecule has 82 valence electrons. The molecule has 1 heterocycles. The SMILES string of the molecule is CCSc1cc(Br)cnc1C(CC)=NO. The first kappa shape index (κ1) is 12.5. The number of pyridine rings is 1. The maximum absolute atomic E-state index is 8.87. The summed E-state index contributed by atoms with van der Waals surface area (Å²) in [5.41, 5.74) is 1.40. The molecule has 3 nitrogen and oxygen atoms in total. The lowest BCUT2D eigenvalue weighted by Crippen LogP contribution is -2.04. The highest BCUT2D eigenvalue weighted by Crippen LogP contribution is 2.25. The molecule has 0 saturated heterocycles. The number of hydrogen-bond donors (Lipinski definition) is 1. The van der Waals surface area contributed by atoms with Crippen molar-refractivity contribution in [2.75, 3.05) is 5.75 Å². The first-order valence-corrected chi connectivity index (χ1v) is 6.50. The van der Waals surface area contributed by atoms with Gasteiger partial charge in [-0.1, -0.05) is 19.0 Å². The van der Waals surface area contributed by atoms with Gasteiger partial charge >= 0.3 is 0 Å². The molecule has 0 fully saturated rings. The molecule has 5 heteroatoms. The predicted octanol–water partition coefficient (Wildman–Crippen LogP) is 3.54. The minimum Gasteiger partial charge on any atom is -0.411 e. The molecule has 1 aromatic heterocycles. The molecule has 0 spiro atoms. The van der Waals surface area contributed by atoms with E-state index in [4.69, 9.17) is 5.21 Å². The Hall–Kier alpha value is -0.550. The maximum Gasteiger partial charge on any atom is 0.106 e. The highest BCUT2D eigenvalue weighted by atomic mass is 79.9. The van der Waals surface area contributed by atoms with Crippen LogP contribution in [-0.2, 0) is 0 Å². The second kappa shape index (κ2) is 6.12. The minimum atomic E-state index is 0.624. The second-order valence-corrected chi connectivity index (χ2v) is 5.06. The van der Waals surface area contributed by atoms with Crippen LogP contribution in [0.1, 0.15) is 26.0 Å². The van der Waals surface area contributed by atoms with E-state index in [1.165, 1.54) is 0 Å². The molecule has 0 unspecified atom stereocenters. The van der Waals surface area contributed by atoms with Gasteiger partial charge in [-0.05, 0) is 34.2 Å². The molecule has 15 heavy (non-hydrogen) atoms. The summed E-state index contributed by atoms with van der Waals surface area (Å²) in [4.78, 5) is 5.32. The highest BCUT2D eigenvalue weighted by Gasteiger charge is 2.10.